The zero-order chi connectivity index (χ0) is 27.4. The van der Waals surface area contributed by atoms with Crippen LogP contribution in [0.15, 0.2) is 91.3 Å². The minimum Gasteiger partial charge on any atom is -0.493 e. The van der Waals surface area contributed by atoms with E-state index in [0.29, 0.717) is 19.2 Å². The van der Waals surface area contributed by atoms with Crippen molar-refractivity contribution in [1.82, 2.24) is 19.6 Å². The number of unbranched alkanes of at least 4 members (excludes halogenated alkanes) is 3. The Morgan fingerprint density at radius 1 is 0.825 bits per heavy atom. The molecule has 0 aliphatic rings. The van der Waals surface area contributed by atoms with Crippen LogP contribution < -0.4 is 14.8 Å². The maximum Gasteiger partial charge on any atom is 0.247 e. The molecule has 40 heavy (non-hydrogen) atoms. The Bertz CT molecular complexity index is 1570. The van der Waals surface area contributed by atoms with E-state index in [9.17, 15) is 0 Å². The van der Waals surface area contributed by atoms with E-state index in [0.717, 1.165) is 52.5 Å². The molecule has 0 unspecified atom stereocenters. The van der Waals surface area contributed by atoms with Gasteiger partial charge in [-0.05, 0) is 72.6 Å². The molecule has 0 radical (unpaired) electrons. The second-order valence-corrected chi connectivity index (χ2v) is 9.35. The molecule has 0 fully saturated rings. The average Bonchev–Trinajstić information content (AvgIpc) is 3.41. The molecule has 0 aliphatic carbocycles. The molecule has 5 rings (SSSR count). The Labute approximate surface area is 235 Å². The van der Waals surface area contributed by atoms with E-state index in [1.165, 1.54) is 19.3 Å². The van der Waals surface area contributed by atoms with Crippen molar-refractivity contribution in [2.45, 2.75) is 45.6 Å². The lowest BCUT2D eigenvalue weighted by Gasteiger charge is -2.09. The molecular weight excluding hydrogens is 498 g/mol. The quantitative estimate of drug-likeness (QED) is 0.133. The normalized spacial score (nSPS) is 10.6. The summed E-state index contributed by atoms with van der Waals surface area (Å²) >= 11 is 0. The van der Waals surface area contributed by atoms with Gasteiger partial charge in [-0.3, -0.25) is 4.98 Å². The van der Waals surface area contributed by atoms with Crippen LogP contribution in [0.3, 0.4) is 0 Å². The Kier molecular flexibility index (Phi) is 9.24. The summed E-state index contributed by atoms with van der Waals surface area (Å²) in [6.07, 6.45) is 8.89. The molecule has 0 saturated carbocycles. The zero-order valence-electron chi connectivity index (χ0n) is 22.7. The molecule has 0 bridgehead atoms. The number of fused-ring (bicyclic) bond motifs is 1. The van der Waals surface area contributed by atoms with E-state index in [-0.39, 0.29) is 0 Å². The van der Waals surface area contributed by atoms with Crippen molar-refractivity contribution in [3.63, 3.8) is 0 Å². The smallest absolute Gasteiger partial charge is 0.247 e. The van der Waals surface area contributed by atoms with E-state index in [4.69, 9.17) is 14.6 Å². The lowest BCUT2D eigenvalue weighted by molar-refractivity contribution is 0.306. The van der Waals surface area contributed by atoms with Crippen LogP contribution in [-0.2, 0) is 6.61 Å². The molecule has 0 atom stereocenters. The first-order valence-electron chi connectivity index (χ1n) is 13.7. The van der Waals surface area contributed by atoms with Gasteiger partial charge in [-0.25, -0.2) is 4.52 Å². The number of ether oxygens (including phenoxy) is 2. The van der Waals surface area contributed by atoms with Gasteiger partial charge in [0.1, 0.15) is 18.1 Å². The highest BCUT2D eigenvalue weighted by Crippen LogP contribution is 2.26. The van der Waals surface area contributed by atoms with Crippen LogP contribution in [0.25, 0.3) is 16.9 Å². The highest BCUT2D eigenvalue weighted by molar-refractivity contribution is 5.66. The monoisotopic (exact) mass is 531 g/mol. The third kappa shape index (κ3) is 7.39. The third-order valence-electron chi connectivity index (χ3n) is 6.28. The van der Waals surface area contributed by atoms with E-state index in [1.54, 1.807) is 12.4 Å². The van der Waals surface area contributed by atoms with Crippen molar-refractivity contribution in [2.75, 3.05) is 11.9 Å². The maximum absolute atomic E-state index is 6.01. The van der Waals surface area contributed by atoms with E-state index >= 15 is 0 Å². The molecule has 0 amide bonds. The molecule has 1 N–H and O–H groups in total. The Hall–Kier alpha value is -4.83. The second-order valence-electron chi connectivity index (χ2n) is 9.35. The number of benzene rings is 2. The number of rotatable bonds is 12. The summed E-state index contributed by atoms with van der Waals surface area (Å²) in [5, 5.41) is 8.03. The third-order valence-corrected chi connectivity index (χ3v) is 6.28. The summed E-state index contributed by atoms with van der Waals surface area (Å²) in [5.74, 6) is 8.52. The molecule has 0 aliphatic heterocycles. The number of hydrogen-bond acceptors (Lipinski definition) is 6. The predicted molar refractivity (Wildman–Crippen MR) is 159 cm³/mol. The maximum atomic E-state index is 6.01. The van der Waals surface area contributed by atoms with Crippen LogP contribution in [0.5, 0.6) is 11.5 Å². The number of pyridine rings is 2. The summed E-state index contributed by atoms with van der Waals surface area (Å²) in [7, 11) is 0. The van der Waals surface area contributed by atoms with Gasteiger partial charge in [-0.15, -0.1) is 11.0 Å². The van der Waals surface area contributed by atoms with Gasteiger partial charge in [-0.2, -0.15) is 4.98 Å². The Morgan fingerprint density at radius 3 is 2.50 bits per heavy atom. The van der Waals surface area contributed by atoms with Crippen molar-refractivity contribution in [2.24, 2.45) is 0 Å². The molecule has 5 aromatic rings. The fourth-order valence-corrected chi connectivity index (χ4v) is 4.19. The van der Waals surface area contributed by atoms with Crippen LogP contribution in [0, 0.1) is 11.8 Å². The van der Waals surface area contributed by atoms with Crippen molar-refractivity contribution >= 4 is 17.3 Å². The number of nitrogens with zero attached hydrogens (tertiary/aromatic N) is 4. The van der Waals surface area contributed by atoms with Gasteiger partial charge in [0, 0.05) is 36.5 Å². The van der Waals surface area contributed by atoms with Gasteiger partial charge in [-0.1, -0.05) is 43.9 Å². The van der Waals surface area contributed by atoms with Crippen molar-refractivity contribution in [3.8, 4) is 34.6 Å². The van der Waals surface area contributed by atoms with E-state index in [2.05, 4.69) is 34.0 Å². The van der Waals surface area contributed by atoms with Gasteiger partial charge in [0.15, 0.2) is 5.65 Å². The standard InChI is InChI=1S/C33H33N5O2/c1-2-3-4-5-6-7-8-23-39-29-17-15-28(16-18-29)35-33-36-32-14-10-13-31(38(32)37-33)27-11-9-12-30(24-27)40-25-26-19-21-34-22-20-26/h9-22,24H,2-5,8,23,25H2,1H3,(H,35,37). The van der Waals surface area contributed by atoms with E-state index < -0.39 is 0 Å². The van der Waals surface area contributed by atoms with E-state index in [1.807, 2.05) is 83.4 Å². The minimum absolute atomic E-state index is 0.477. The van der Waals surface area contributed by atoms with Crippen molar-refractivity contribution in [1.29, 1.82) is 0 Å². The highest BCUT2D eigenvalue weighted by Gasteiger charge is 2.10. The van der Waals surface area contributed by atoms with Crippen LogP contribution in [-0.4, -0.2) is 26.2 Å². The van der Waals surface area contributed by atoms with Crippen LogP contribution in [0.2, 0.25) is 0 Å². The molecule has 2 aromatic carbocycles. The summed E-state index contributed by atoms with van der Waals surface area (Å²) in [6.45, 7) is 3.26. The fourth-order valence-electron chi connectivity index (χ4n) is 4.19. The molecule has 0 saturated heterocycles. The highest BCUT2D eigenvalue weighted by atomic mass is 16.5. The molecule has 0 spiro atoms. The first kappa shape index (κ1) is 26.8. The van der Waals surface area contributed by atoms with Gasteiger partial charge in [0.25, 0.3) is 0 Å². The molecule has 202 valence electrons. The van der Waals surface area contributed by atoms with Gasteiger partial charge in [0.05, 0.1) is 12.3 Å². The largest absolute Gasteiger partial charge is 0.493 e. The first-order chi connectivity index (χ1) is 19.8. The van der Waals surface area contributed by atoms with Crippen LogP contribution in [0.4, 0.5) is 11.6 Å². The molecule has 7 nitrogen and oxygen atoms in total. The summed E-state index contributed by atoms with van der Waals surface area (Å²) in [6, 6.07) is 25.6. The van der Waals surface area contributed by atoms with Gasteiger partial charge < -0.3 is 14.8 Å². The van der Waals surface area contributed by atoms with Crippen molar-refractivity contribution < 1.29 is 9.47 Å². The number of anilines is 2. The molecule has 7 heteroatoms. The lowest BCUT2D eigenvalue weighted by atomic mass is 10.1. The van der Waals surface area contributed by atoms with Crippen molar-refractivity contribution in [3.05, 3.63) is 96.8 Å². The molecule has 3 heterocycles. The van der Waals surface area contributed by atoms with Crippen LogP contribution >= 0.6 is 0 Å². The summed E-state index contributed by atoms with van der Waals surface area (Å²) in [5.41, 5.74) is 4.61. The van der Waals surface area contributed by atoms with Gasteiger partial charge in [0.2, 0.25) is 5.95 Å². The van der Waals surface area contributed by atoms with Crippen LogP contribution in [0.1, 0.15) is 44.6 Å². The Morgan fingerprint density at radius 2 is 1.65 bits per heavy atom. The second kappa shape index (κ2) is 13.8. The minimum atomic E-state index is 0.477. The topological polar surface area (TPSA) is 73.6 Å². The first-order valence-corrected chi connectivity index (χ1v) is 13.7. The van der Waals surface area contributed by atoms with Gasteiger partial charge >= 0.3 is 0 Å². The zero-order valence-corrected chi connectivity index (χ0v) is 22.7. The lowest BCUT2D eigenvalue weighted by Crippen LogP contribution is -1.98. The summed E-state index contributed by atoms with van der Waals surface area (Å²) < 4.78 is 13.7. The number of nitrogens with one attached hydrogen (secondary N) is 1. The fraction of sp³-hybridized carbons (Fsp3) is 0.242. The molecular formula is C33H33N5O2. The predicted octanol–water partition coefficient (Wildman–Crippen LogP) is 7.47. The Balaban J connectivity index is 1.20. The number of aromatic nitrogens is 4. The average molecular weight is 532 g/mol. The molecule has 3 aromatic heterocycles. The SMILES string of the molecule is CCCCCC#CCCOc1ccc(Nc2nc3cccc(-c4cccc(OCc5ccncc5)c4)n3n2)cc1. The summed E-state index contributed by atoms with van der Waals surface area (Å²) in [4.78, 5) is 8.72. The number of hydrogen-bond donors (Lipinski definition) is 1.